The quantitative estimate of drug-likeness (QED) is 0.834. The number of esters is 1. The molecule has 1 aromatic carbocycles. The first-order chi connectivity index (χ1) is 10.5. The summed E-state index contributed by atoms with van der Waals surface area (Å²) in [5, 5.41) is 4.73. The highest BCUT2D eigenvalue weighted by Gasteiger charge is 2.22. The molecule has 1 aromatic heterocycles. The fraction of sp³-hybridized carbons (Fsp3) is 0.143. The lowest BCUT2D eigenvalue weighted by Gasteiger charge is -2.12. The van der Waals surface area contributed by atoms with Crippen LogP contribution in [-0.2, 0) is 4.74 Å². The smallest absolute Gasteiger partial charge is 0.350 e. The van der Waals surface area contributed by atoms with Crippen molar-refractivity contribution in [3.05, 3.63) is 44.1 Å². The van der Waals surface area contributed by atoms with Crippen LogP contribution < -0.4 is 10.1 Å². The topological polar surface area (TPSA) is 64.6 Å². The number of anilines is 1. The molecule has 0 saturated carbocycles. The van der Waals surface area contributed by atoms with Gasteiger partial charge in [0, 0.05) is 0 Å². The van der Waals surface area contributed by atoms with Crippen LogP contribution in [0.5, 0.6) is 5.75 Å². The molecule has 0 radical (unpaired) electrons. The van der Waals surface area contributed by atoms with Crippen LogP contribution in [0.2, 0.25) is 10.0 Å². The van der Waals surface area contributed by atoms with Gasteiger partial charge in [-0.05, 0) is 23.6 Å². The predicted octanol–water partition coefficient (Wildman–Crippen LogP) is 4.10. The maximum Gasteiger partial charge on any atom is 0.350 e. The third kappa shape index (κ3) is 3.19. The van der Waals surface area contributed by atoms with E-state index in [9.17, 15) is 9.59 Å². The summed E-state index contributed by atoms with van der Waals surface area (Å²) in [6.07, 6.45) is 0. The minimum Gasteiger partial charge on any atom is -0.494 e. The van der Waals surface area contributed by atoms with Crippen molar-refractivity contribution >= 4 is 52.1 Å². The first kappa shape index (κ1) is 16.6. The van der Waals surface area contributed by atoms with Gasteiger partial charge in [-0.25, -0.2) is 4.79 Å². The summed E-state index contributed by atoms with van der Waals surface area (Å²) in [5.74, 6) is -0.899. The SMILES string of the molecule is COC(=O)c1sccc1NC(=O)c1c(Cl)ccc(Cl)c1OC. The molecule has 0 saturated heterocycles. The number of rotatable bonds is 4. The van der Waals surface area contributed by atoms with Gasteiger partial charge in [0.1, 0.15) is 10.4 Å². The number of halogens is 2. The second kappa shape index (κ2) is 7.00. The number of ether oxygens (including phenoxy) is 2. The number of amides is 1. The van der Waals surface area contributed by atoms with E-state index in [0.717, 1.165) is 11.3 Å². The van der Waals surface area contributed by atoms with Crippen LogP contribution in [0, 0.1) is 0 Å². The van der Waals surface area contributed by atoms with Crippen LogP contribution in [0.25, 0.3) is 0 Å². The van der Waals surface area contributed by atoms with Gasteiger partial charge in [0.05, 0.1) is 30.0 Å². The largest absolute Gasteiger partial charge is 0.494 e. The molecule has 0 aliphatic heterocycles. The Kier molecular flexibility index (Phi) is 5.28. The first-order valence-electron chi connectivity index (χ1n) is 5.98. The number of hydrogen-bond acceptors (Lipinski definition) is 5. The molecule has 2 rings (SSSR count). The number of nitrogens with one attached hydrogen (secondary N) is 1. The summed E-state index contributed by atoms with van der Waals surface area (Å²) < 4.78 is 9.79. The van der Waals surface area contributed by atoms with Crippen LogP contribution in [0.4, 0.5) is 5.69 Å². The van der Waals surface area contributed by atoms with Crippen molar-refractivity contribution in [2.24, 2.45) is 0 Å². The minimum atomic E-state index is -0.534. The molecular weight excluding hydrogens is 349 g/mol. The van der Waals surface area contributed by atoms with Gasteiger partial charge in [0.15, 0.2) is 5.75 Å². The number of methoxy groups -OCH3 is 2. The molecule has 22 heavy (non-hydrogen) atoms. The van der Waals surface area contributed by atoms with E-state index in [0.29, 0.717) is 5.69 Å². The van der Waals surface area contributed by atoms with Crippen LogP contribution in [-0.4, -0.2) is 26.1 Å². The molecule has 8 heteroatoms. The number of benzene rings is 1. The molecular formula is C14H11Cl2NO4S. The zero-order chi connectivity index (χ0) is 16.3. The third-order valence-corrected chi connectivity index (χ3v) is 4.28. The molecule has 0 aliphatic carbocycles. The molecule has 0 fully saturated rings. The second-order valence-corrected chi connectivity index (χ2v) is 5.78. The average molecular weight is 360 g/mol. The zero-order valence-corrected chi connectivity index (χ0v) is 13.9. The molecule has 1 amide bonds. The lowest BCUT2D eigenvalue weighted by atomic mass is 10.1. The molecule has 1 N–H and O–H groups in total. The van der Waals surface area contributed by atoms with E-state index in [-0.39, 0.29) is 26.2 Å². The summed E-state index contributed by atoms with van der Waals surface area (Å²) in [6.45, 7) is 0. The van der Waals surface area contributed by atoms with Crippen LogP contribution >= 0.6 is 34.5 Å². The van der Waals surface area contributed by atoms with Crippen LogP contribution in [0.1, 0.15) is 20.0 Å². The zero-order valence-electron chi connectivity index (χ0n) is 11.6. The standard InChI is InChI=1S/C14H11Cl2NO4S/c1-20-11-8(16)4-3-7(15)10(11)13(18)17-9-5-6-22-12(9)14(19)21-2/h3-6H,1-2H3,(H,17,18). The fourth-order valence-corrected chi connectivity index (χ4v) is 3.02. The van der Waals surface area contributed by atoms with Crippen molar-refractivity contribution < 1.29 is 19.1 Å². The highest BCUT2D eigenvalue weighted by atomic mass is 35.5. The van der Waals surface area contributed by atoms with E-state index >= 15 is 0 Å². The predicted molar refractivity (Wildman–Crippen MR) is 86.6 cm³/mol. The Bertz CT molecular complexity index is 730. The Labute approximate surface area is 140 Å². The Balaban J connectivity index is 2.37. The molecule has 2 aromatic rings. The van der Waals surface area contributed by atoms with Crippen molar-refractivity contribution in [2.75, 3.05) is 19.5 Å². The summed E-state index contributed by atoms with van der Waals surface area (Å²) in [6, 6.07) is 4.62. The summed E-state index contributed by atoms with van der Waals surface area (Å²) in [4.78, 5) is 24.4. The van der Waals surface area contributed by atoms with E-state index < -0.39 is 11.9 Å². The number of carbonyl (C=O) groups is 2. The maximum atomic E-state index is 12.4. The van der Waals surface area contributed by atoms with E-state index in [2.05, 4.69) is 10.1 Å². The Morgan fingerprint density at radius 3 is 2.45 bits per heavy atom. The molecule has 5 nitrogen and oxygen atoms in total. The van der Waals surface area contributed by atoms with E-state index in [1.54, 1.807) is 11.4 Å². The van der Waals surface area contributed by atoms with Gasteiger partial charge in [-0.2, -0.15) is 0 Å². The molecule has 0 spiro atoms. The molecule has 0 unspecified atom stereocenters. The van der Waals surface area contributed by atoms with E-state index in [4.69, 9.17) is 27.9 Å². The lowest BCUT2D eigenvalue weighted by molar-refractivity contribution is 0.0607. The first-order valence-corrected chi connectivity index (χ1v) is 7.62. The molecule has 1 heterocycles. The molecule has 0 atom stereocenters. The van der Waals surface area contributed by atoms with Crippen LogP contribution in [0.3, 0.4) is 0 Å². The summed E-state index contributed by atoms with van der Waals surface area (Å²) in [5.41, 5.74) is 0.429. The van der Waals surface area contributed by atoms with Gasteiger partial charge >= 0.3 is 5.97 Å². The van der Waals surface area contributed by atoms with E-state index in [1.165, 1.54) is 26.4 Å². The summed E-state index contributed by atoms with van der Waals surface area (Å²) >= 11 is 13.2. The van der Waals surface area contributed by atoms with Gasteiger partial charge in [-0.15, -0.1) is 11.3 Å². The molecule has 0 aliphatic rings. The Hall–Kier alpha value is -1.76. The lowest BCUT2D eigenvalue weighted by Crippen LogP contribution is -2.15. The van der Waals surface area contributed by atoms with Crippen molar-refractivity contribution in [2.45, 2.75) is 0 Å². The van der Waals surface area contributed by atoms with Gasteiger partial charge in [-0.3, -0.25) is 4.79 Å². The summed E-state index contributed by atoms with van der Waals surface area (Å²) in [7, 11) is 2.66. The van der Waals surface area contributed by atoms with Crippen molar-refractivity contribution in [3.63, 3.8) is 0 Å². The number of hydrogen-bond donors (Lipinski definition) is 1. The van der Waals surface area contributed by atoms with E-state index in [1.807, 2.05) is 0 Å². The highest BCUT2D eigenvalue weighted by molar-refractivity contribution is 7.12. The third-order valence-electron chi connectivity index (χ3n) is 2.77. The molecule has 116 valence electrons. The normalized spacial score (nSPS) is 10.2. The maximum absolute atomic E-state index is 12.4. The van der Waals surface area contributed by atoms with Gasteiger partial charge in [-0.1, -0.05) is 23.2 Å². The Morgan fingerprint density at radius 1 is 1.14 bits per heavy atom. The number of carbonyl (C=O) groups excluding carboxylic acids is 2. The van der Waals surface area contributed by atoms with Crippen molar-refractivity contribution in [3.8, 4) is 5.75 Å². The average Bonchev–Trinajstić information content (AvgIpc) is 2.96. The number of thiophene rings is 1. The van der Waals surface area contributed by atoms with Gasteiger partial charge < -0.3 is 14.8 Å². The van der Waals surface area contributed by atoms with Crippen molar-refractivity contribution in [1.82, 2.24) is 0 Å². The van der Waals surface area contributed by atoms with Gasteiger partial charge in [0.2, 0.25) is 0 Å². The monoisotopic (exact) mass is 359 g/mol. The molecule has 0 bridgehead atoms. The fourth-order valence-electron chi connectivity index (χ4n) is 1.79. The minimum absolute atomic E-state index is 0.0960. The van der Waals surface area contributed by atoms with Crippen molar-refractivity contribution in [1.29, 1.82) is 0 Å². The van der Waals surface area contributed by atoms with Gasteiger partial charge in [0.25, 0.3) is 5.91 Å². The van der Waals surface area contributed by atoms with Crippen LogP contribution in [0.15, 0.2) is 23.6 Å². The Morgan fingerprint density at radius 2 is 1.82 bits per heavy atom. The highest BCUT2D eigenvalue weighted by Crippen LogP contribution is 2.35. The second-order valence-electron chi connectivity index (χ2n) is 4.05.